The van der Waals surface area contributed by atoms with E-state index in [1.165, 1.54) is 19.2 Å². The number of hydrogen-bond donors (Lipinski definition) is 0. The zero-order valence-electron chi connectivity index (χ0n) is 9.55. The predicted octanol–water partition coefficient (Wildman–Crippen LogP) is 3.37. The summed E-state index contributed by atoms with van der Waals surface area (Å²) in [5.74, 6) is -0.330. The van der Waals surface area contributed by atoms with Crippen LogP contribution in [0.1, 0.15) is 30.1 Å². The molecule has 0 fully saturated rings. The Morgan fingerprint density at radius 3 is 2.62 bits per heavy atom. The van der Waals surface area contributed by atoms with Crippen molar-refractivity contribution in [3.63, 3.8) is 0 Å². The lowest BCUT2D eigenvalue weighted by Gasteiger charge is -2.04. The van der Waals surface area contributed by atoms with Crippen molar-refractivity contribution in [3.8, 4) is 5.75 Å². The van der Waals surface area contributed by atoms with Crippen molar-refractivity contribution in [2.75, 3.05) is 7.11 Å². The van der Waals surface area contributed by atoms with Gasteiger partial charge in [0.1, 0.15) is 11.6 Å². The summed E-state index contributed by atoms with van der Waals surface area (Å²) >= 11 is 0. The molecule has 0 N–H and O–H groups in total. The number of allylic oxidation sites excluding steroid dienone is 1. The third-order valence-corrected chi connectivity index (χ3v) is 2.26. The molecule has 2 nitrogen and oxygen atoms in total. The normalized spacial score (nSPS) is 9.94. The standard InChI is InChI=1S/C13H15FO2/c1-9(2)4-7-13(15)11-6-5-10(16-3)8-12(11)14/h5-6,8H,1,4,7H2,2-3H3. The van der Waals surface area contributed by atoms with Crippen LogP contribution in [0.5, 0.6) is 5.75 Å². The minimum absolute atomic E-state index is 0.113. The second kappa shape index (κ2) is 5.45. The van der Waals surface area contributed by atoms with Crippen molar-refractivity contribution < 1.29 is 13.9 Å². The number of methoxy groups -OCH3 is 1. The fraction of sp³-hybridized carbons (Fsp3) is 0.308. The summed E-state index contributed by atoms with van der Waals surface area (Å²) in [5.41, 5.74) is 1.03. The maximum absolute atomic E-state index is 13.5. The number of benzene rings is 1. The molecule has 0 unspecified atom stereocenters. The third-order valence-electron chi connectivity index (χ3n) is 2.26. The second-order valence-electron chi connectivity index (χ2n) is 3.73. The van der Waals surface area contributed by atoms with Gasteiger partial charge in [-0.25, -0.2) is 4.39 Å². The highest BCUT2D eigenvalue weighted by Crippen LogP contribution is 2.18. The van der Waals surface area contributed by atoms with E-state index in [4.69, 9.17) is 4.74 Å². The first-order valence-electron chi connectivity index (χ1n) is 5.05. The minimum Gasteiger partial charge on any atom is -0.497 e. The Morgan fingerprint density at radius 1 is 1.44 bits per heavy atom. The number of ketones is 1. The topological polar surface area (TPSA) is 26.3 Å². The summed E-state index contributed by atoms with van der Waals surface area (Å²) < 4.78 is 18.4. The van der Waals surface area contributed by atoms with Crippen LogP contribution in [0.2, 0.25) is 0 Å². The van der Waals surface area contributed by atoms with Gasteiger partial charge < -0.3 is 4.74 Å². The zero-order chi connectivity index (χ0) is 12.1. The largest absolute Gasteiger partial charge is 0.497 e. The average Bonchev–Trinajstić information content (AvgIpc) is 2.25. The summed E-state index contributed by atoms with van der Waals surface area (Å²) in [5, 5.41) is 0. The van der Waals surface area contributed by atoms with E-state index in [0.717, 1.165) is 5.57 Å². The Kier molecular flexibility index (Phi) is 4.23. The smallest absolute Gasteiger partial charge is 0.166 e. The van der Waals surface area contributed by atoms with Gasteiger partial charge in [0, 0.05) is 12.5 Å². The maximum Gasteiger partial charge on any atom is 0.166 e. The molecule has 16 heavy (non-hydrogen) atoms. The zero-order valence-corrected chi connectivity index (χ0v) is 9.55. The highest BCUT2D eigenvalue weighted by molar-refractivity contribution is 5.96. The Hall–Kier alpha value is -1.64. The van der Waals surface area contributed by atoms with Gasteiger partial charge in [-0.3, -0.25) is 4.79 Å². The van der Waals surface area contributed by atoms with Crippen LogP contribution in [0.4, 0.5) is 4.39 Å². The molecule has 86 valence electrons. The van der Waals surface area contributed by atoms with Gasteiger partial charge in [-0.05, 0) is 25.5 Å². The number of carbonyl (C=O) groups is 1. The number of halogens is 1. The van der Waals surface area contributed by atoms with Crippen LogP contribution in [0.15, 0.2) is 30.4 Å². The first-order valence-corrected chi connectivity index (χ1v) is 5.05. The monoisotopic (exact) mass is 222 g/mol. The lowest BCUT2D eigenvalue weighted by molar-refractivity contribution is 0.0979. The van der Waals surface area contributed by atoms with Gasteiger partial charge >= 0.3 is 0 Å². The van der Waals surface area contributed by atoms with E-state index >= 15 is 0 Å². The van der Waals surface area contributed by atoms with Crippen LogP contribution >= 0.6 is 0 Å². The fourth-order valence-electron chi connectivity index (χ4n) is 1.31. The van der Waals surface area contributed by atoms with Gasteiger partial charge in [0.05, 0.1) is 12.7 Å². The van der Waals surface area contributed by atoms with Crippen LogP contribution in [-0.4, -0.2) is 12.9 Å². The SMILES string of the molecule is C=C(C)CCC(=O)c1ccc(OC)cc1F. The summed E-state index contributed by atoms with van der Waals surface area (Å²) in [6, 6.07) is 4.25. The molecule has 0 amide bonds. The van der Waals surface area contributed by atoms with Crippen molar-refractivity contribution in [1.29, 1.82) is 0 Å². The van der Waals surface area contributed by atoms with Crippen LogP contribution in [0.25, 0.3) is 0 Å². The van der Waals surface area contributed by atoms with Gasteiger partial charge in [-0.2, -0.15) is 0 Å². The van der Waals surface area contributed by atoms with Gasteiger partial charge in [0.25, 0.3) is 0 Å². The second-order valence-corrected chi connectivity index (χ2v) is 3.73. The van der Waals surface area contributed by atoms with E-state index in [9.17, 15) is 9.18 Å². The molecule has 0 spiro atoms. The Balaban J connectivity index is 2.79. The molecule has 0 aliphatic carbocycles. The third kappa shape index (κ3) is 3.19. The van der Waals surface area contributed by atoms with Crippen molar-refractivity contribution in [1.82, 2.24) is 0 Å². The van der Waals surface area contributed by atoms with Crippen LogP contribution in [-0.2, 0) is 0 Å². The molecule has 0 saturated carbocycles. The molecule has 0 aromatic heterocycles. The molecule has 1 aromatic rings. The van der Waals surface area contributed by atoms with Gasteiger partial charge in [0.15, 0.2) is 5.78 Å². The molecule has 3 heteroatoms. The Morgan fingerprint density at radius 2 is 2.12 bits per heavy atom. The van der Waals surface area contributed by atoms with Crippen molar-refractivity contribution in [3.05, 3.63) is 41.7 Å². The molecule has 0 bridgehead atoms. The maximum atomic E-state index is 13.5. The lowest BCUT2D eigenvalue weighted by atomic mass is 10.0. The number of hydrogen-bond acceptors (Lipinski definition) is 2. The van der Waals surface area contributed by atoms with Crippen LogP contribution < -0.4 is 4.74 Å². The summed E-state index contributed by atoms with van der Waals surface area (Å²) in [4.78, 5) is 11.6. The molecule has 0 aliphatic heterocycles. The predicted molar refractivity (Wildman–Crippen MR) is 61.3 cm³/mol. The molecule has 0 saturated heterocycles. The fourth-order valence-corrected chi connectivity index (χ4v) is 1.31. The summed E-state index contributed by atoms with van der Waals surface area (Å²) in [6.45, 7) is 5.55. The molecule has 0 aliphatic rings. The molecule has 0 atom stereocenters. The number of rotatable bonds is 5. The highest BCUT2D eigenvalue weighted by atomic mass is 19.1. The first kappa shape index (κ1) is 12.4. The van der Waals surface area contributed by atoms with E-state index in [-0.39, 0.29) is 11.3 Å². The quantitative estimate of drug-likeness (QED) is 0.564. The number of Topliss-reactive ketones (excluding diaryl/α,β-unsaturated/α-hetero) is 1. The molecule has 1 aromatic carbocycles. The molecular weight excluding hydrogens is 207 g/mol. The number of carbonyl (C=O) groups excluding carboxylic acids is 1. The highest BCUT2D eigenvalue weighted by Gasteiger charge is 2.12. The van der Waals surface area contributed by atoms with E-state index in [0.29, 0.717) is 18.6 Å². The Bertz CT molecular complexity index is 410. The molecule has 1 rings (SSSR count). The van der Waals surface area contributed by atoms with Crippen molar-refractivity contribution in [2.45, 2.75) is 19.8 Å². The first-order chi connectivity index (χ1) is 7.54. The molecule has 0 heterocycles. The minimum atomic E-state index is -0.536. The van der Waals surface area contributed by atoms with E-state index in [1.807, 2.05) is 6.92 Å². The van der Waals surface area contributed by atoms with E-state index < -0.39 is 5.82 Å². The molecular formula is C13H15FO2. The van der Waals surface area contributed by atoms with E-state index in [1.54, 1.807) is 6.07 Å². The van der Waals surface area contributed by atoms with Crippen molar-refractivity contribution in [2.24, 2.45) is 0 Å². The molecule has 0 radical (unpaired) electrons. The van der Waals surface area contributed by atoms with Gasteiger partial charge in [0.2, 0.25) is 0 Å². The number of ether oxygens (including phenoxy) is 1. The van der Waals surface area contributed by atoms with Crippen LogP contribution in [0.3, 0.4) is 0 Å². The van der Waals surface area contributed by atoms with Crippen molar-refractivity contribution >= 4 is 5.78 Å². The summed E-state index contributed by atoms with van der Waals surface area (Å²) in [6.07, 6.45) is 0.878. The summed E-state index contributed by atoms with van der Waals surface area (Å²) in [7, 11) is 1.46. The van der Waals surface area contributed by atoms with E-state index in [2.05, 4.69) is 6.58 Å². The van der Waals surface area contributed by atoms with Crippen LogP contribution in [0, 0.1) is 5.82 Å². The van der Waals surface area contributed by atoms with Gasteiger partial charge in [-0.1, -0.05) is 5.57 Å². The average molecular weight is 222 g/mol. The van der Waals surface area contributed by atoms with Gasteiger partial charge in [-0.15, -0.1) is 6.58 Å². The Labute approximate surface area is 94.7 Å². The lowest BCUT2D eigenvalue weighted by Crippen LogP contribution is -2.02.